The first-order chi connectivity index (χ1) is 6.63. The first-order valence-corrected chi connectivity index (χ1v) is 4.79. The van der Waals surface area contributed by atoms with Gasteiger partial charge >= 0.3 is 0 Å². The highest BCUT2D eigenvalue weighted by Gasteiger charge is 2.00. The molecule has 0 radical (unpaired) electrons. The highest BCUT2D eigenvalue weighted by molar-refractivity contribution is 5.90. The van der Waals surface area contributed by atoms with Crippen LogP contribution in [-0.2, 0) is 4.79 Å². The number of carbonyl (C=O) groups is 1. The van der Waals surface area contributed by atoms with Crippen molar-refractivity contribution in [2.45, 2.75) is 26.3 Å². The second kappa shape index (κ2) is 6.43. The molecule has 1 unspecified atom stereocenters. The molecular weight excluding hydrogens is 212 g/mol. The Balaban J connectivity index is 0.00000196. The molecule has 15 heavy (non-hydrogen) atoms. The Kier molecular flexibility index (Phi) is 5.97. The average Bonchev–Trinajstić information content (AvgIpc) is 2.18. The number of hydrogen-bond donors (Lipinski definition) is 2. The van der Waals surface area contributed by atoms with Crippen molar-refractivity contribution in [3.8, 4) is 0 Å². The van der Waals surface area contributed by atoms with Crippen LogP contribution in [0.4, 0.5) is 5.69 Å². The molecule has 0 aliphatic heterocycles. The predicted octanol–water partition coefficient (Wildman–Crippen LogP) is 2.48. The van der Waals surface area contributed by atoms with Crippen LogP contribution in [-0.4, -0.2) is 5.91 Å². The van der Waals surface area contributed by atoms with Gasteiger partial charge in [0.25, 0.3) is 0 Å². The fourth-order valence-electron chi connectivity index (χ4n) is 1.12. The summed E-state index contributed by atoms with van der Waals surface area (Å²) in [5.74, 6) is 0.0264. The molecule has 0 fully saturated rings. The number of benzene rings is 1. The van der Waals surface area contributed by atoms with Gasteiger partial charge in [0.15, 0.2) is 0 Å². The van der Waals surface area contributed by atoms with Gasteiger partial charge < -0.3 is 11.1 Å². The molecule has 0 saturated carbocycles. The molecule has 0 bridgehead atoms. The van der Waals surface area contributed by atoms with Crippen LogP contribution in [0.3, 0.4) is 0 Å². The van der Waals surface area contributed by atoms with Gasteiger partial charge in [0.05, 0.1) is 0 Å². The number of nitrogens with two attached hydrogens (primary N) is 1. The van der Waals surface area contributed by atoms with Gasteiger partial charge in [0.1, 0.15) is 0 Å². The van der Waals surface area contributed by atoms with Gasteiger partial charge in [-0.15, -0.1) is 12.4 Å². The lowest BCUT2D eigenvalue weighted by atomic mass is 10.1. The third kappa shape index (κ3) is 4.32. The molecule has 0 aromatic heterocycles. The van der Waals surface area contributed by atoms with Crippen LogP contribution in [0.25, 0.3) is 0 Å². The fraction of sp³-hybridized carbons (Fsp3) is 0.364. The number of rotatable bonds is 3. The Morgan fingerprint density at radius 3 is 2.33 bits per heavy atom. The molecule has 0 heterocycles. The zero-order valence-electron chi connectivity index (χ0n) is 8.99. The minimum absolute atomic E-state index is 0. The highest BCUT2D eigenvalue weighted by atomic mass is 35.5. The molecule has 1 atom stereocenters. The first kappa shape index (κ1) is 13.9. The van der Waals surface area contributed by atoms with Gasteiger partial charge in [-0.1, -0.05) is 19.1 Å². The second-order valence-electron chi connectivity index (χ2n) is 3.31. The van der Waals surface area contributed by atoms with E-state index in [4.69, 9.17) is 5.73 Å². The number of anilines is 1. The summed E-state index contributed by atoms with van der Waals surface area (Å²) in [7, 11) is 0. The standard InChI is InChI=1S/C11H16N2O.ClH/c1-3-11(14)13-10-6-4-9(5-7-10)8(2)12;/h4-8H,3,12H2,1-2H3,(H,13,14);1H. The lowest BCUT2D eigenvalue weighted by Crippen LogP contribution is -2.10. The Bertz CT molecular complexity index is 309. The van der Waals surface area contributed by atoms with Crippen LogP contribution in [0.5, 0.6) is 0 Å². The van der Waals surface area contributed by atoms with E-state index in [1.165, 1.54) is 0 Å². The summed E-state index contributed by atoms with van der Waals surface area (Å²) in [6.45, 7) is 3.76. The first-order valence-electron chi connectivity index (χ1n) is 4.79. The highest BCUT2D eigenvalue weighted by Crippen LogP contribution is 2.14. The van der Waals surface area contributed by atoms with Crippen molar-refractivity contribution in [3.63, 3.8) is 0 Å². The van der Waals surface area contributed by atoms with E-state index in [9.17, 15) is 4.79 Å². The van der Waals surface area contributed by atoms with Crippen molar-refractivity contribution in [2.75, 3.05) is 5.32 Å². The summed E-state index contributed by atoms with van der Waals surface area (Å²) in [6, 6.07) is 7.62. The molecule has 3 N–H and O–H groups in total. The van der Waals surface area contributed by atoms with Crippen LogP contribution in [0.2, 0.25) is 0 Å². The lowest BCUT2D eigenvalue weighted by Gasteiger charge is -2.07. The van der Waals surface area contributed by atoms with E-state index in [1.54, 1.807) is 0 Å². The SMILES string of the molecule is CCC(=O)Nc1ccc(C(C)N)cc1.Cl. The van der Waals surface area contributed by atoms with E-state index in [2.05, 4.69) is 5.32 Å². The number of halogens is 1. The molecule has 4 heteroatoms. The van der Waals surface area contributed by atoms with Gasteiger partial charge in [-0.2, -0.15) is 0 Å². The van der Waals surface area contributed by atoms with Crippen molar-refractivity contribution in [3.05, 3.63) is 29.8 Å². The minimum atomic E-state index is 0. The second-order valence-corrected chi connectivity index (χ2v) is 3.31. The van der Waals surface area contributed by atoms with E-state index >= 15 is 0 Å². The Hall–Kier alpha value is -1.06. The molecule has 0 aliphatic carbocycles. The number of carbonyl (C=O) groups excluding carboxylic acids is 1. The van der Waals surface area contributed by atoms with Crippen LogP contribution in [0.1, 0.15) is 31.9 Å². The molecule has 1 rings (SSSR count). The van der Waals surface area contributed by atoms with E-state index in [-0.39, 0.29) is 24.4 Å². The predicted molar refractivity (Wildman–Crippen MR) is 65.2 cm³/mol. The molecule has 1 aromatic rings. The third-order valence-electron chi connectivity index (χ3n) is 2.04. The molecule has 84 valence electrons. The normalized spacial score (nSPS) is 11.4. The molecule has 1 aromatic carbocycles. The quantitative estimate of drug-likeness (QED) is 0.835. The zero-order chi connectivity index (χ0) is 10.6. The van der Waals surface area contributed by atoms with E-state index in [1.807, 2.05) is 38.1 Å². The van der Waals surface area contributed by atoms with Gasteiger partial charge in [-0.25, -0.2) is 0 Å². The van der Waals surface area contributed by atoms with Gasteiger partial charge in [0, 0.05) is 18.2 Å². The van der Waals surface area contributed by atoms with Crippen molar-refractivity contribution in [1.82, 2.24) is 0 Å². The maximum Gasteiger partial charge on any atom is 0.224 e. The number of amides is 1. The Labute approximate surface area is 96.5 Å². The van der Waals surface area contributed by atoms with Gasteiger partial charge in [-0.05, 0) is 24.6 Å². The number of nitrogens with one attached hydrogen (secondary N) is 1. The molecule has 0 spiro atoms. The molecular formula is C11H17ClN2O. The Morgan fingerprint density at radius 2 is 1.93 bits per heavy atom. The van der Waals surface area contributed by atoms with Crippen LogP contribution < -0.4 is 11.1 Å². The average molecular weight is 229 g/mol. The smallest absolute Gasteiger partial charge is 0.224 e. The largest absolute Gasteiger partial charge is 0.326 e. The fourth-order valence-corrected chi connectivity index (χ4v) is 1.12. The van der Waals surface area contributed by atoms with E-state index < -0.39 is 0 Å². The molecule has 0 saturated heterocycles. The van der Waals surface area contributed by atoms with Crippen LogP contribution in [0.15, 0.2) is 24.3 Å². The van der Waals surface area contributed by atoms with Crippen molar-refractivity contribution < 1.29 is 4.79 Å². The summed E-state index contributed by atoms with van der Waals surface area (Å²) < 4.78 is 0. The van der Waals surface area contributed by atoms with Crippen LogP contribution in [0, 0.1) is 0 Å². The van der Waals surface area contributed by atoms with E-state index in [0.29, 0.717) is 6.42 Å². The minimum Gasteiger partial charge on any atom is -0.326 e. The third-order valence-corrected chi connectivity index (χ3v) is 2.04. The lowest BCUT2D eigenvalue weighted by molar-refractivity contribution is -0.115. The molecule has 0 aliphatic rings. The van der Waals surface area contributed by atoms with Crippen molar-refractivity contribution in [1.29, 1.82) is 0 Å². The van der Waals surface area contributed by atoms with Crippen LogP contribution >= 0.6 is 12.4 Å². The Morgan fingerprint density at radius 1 is 1.40 bits per heavy atom. The van der Waals surface area contributed by atoms with E-state index in [0.717, 1.165) is 11.3 Å². The summed E-state index contributed by atoms with van der Waals surface area (Å²) in [4.78, 5) is 11.1. The van der Waals surface area contributed by atoms with Gasteiger partial charge in [-0.3, -0.25) is 4.79 Å². The maximum absolute atomic E-state index is 11.1. The summed E-state index contributed by atoms with van der Waals surface area (Å²) in [5, 5.41) is 2.78. The topological polar surface area (TPSA) is 55.1 Å². The molecule has 1 amide bonds. The summed E-state index contributed by atoms with van der Waals surface area (Å²) in [6.07, 6.45) is 0.495. The summed E-state index contributed by atoms with van der Waals surface area (Å²) in [5.41, 5.74) is 7.59. The monoisotopic (exact) mass is 228 g/mol. The van der Waals surface area contributed by atoms with Crippen molar-refractivity contribution in [2.24, 2.45) is 5.73 Å². The summed E-state index contributed by atoms with van der Waals surface area (Å²) >= 11 is 0. The molecule has 3 nitrogen and oxygen atoms in total. The van der Waals surface area contributed by atoms with Crippen molar-refractivity contribution >= 4 is 24.0 Å². The van der Waals surface area contributed by atoms with Gasteiger partial charge in [0.2, 0.25) is 5.91 Å². The maximum atomic E-state index is 11.1. The zero-order valence-corrected chi connectivity index (χ0v) is 9.80. The number of hydrogen-bond acceptors (Lipinski definition) is 2.